The Kier molecular flexibility index (Phi) is 6.12. The van der Waals surface area contributed by atoms with Crippen molar-refractivity contribution in [2.24, 2.45) is 5.92 Å². The van der Waals surface area contributed by atoms with E-state index in [-0.39, 0.29) is 11.8 Å². The molecular formula is C22H29N5O2. The molecule has 2 fully saturated rings. The van der Waals surface area contributed by atoms with Crippen molar-refractivity contribution in [3.8, 4) is 5.75 Å². The summed E-state index contributed by atoms with van der Waals surface area (Å²) in [6, 6.07) is 9.97. The first-order chi connectivity index (χ1) is 14.3. The Hall–Kier alpha value is -2.83. The van der Waals surface area contributed by atoms with Gasteiger partial charge in [0.1, 0.15) is 5.75 Å². The summed E-state index contributed by atoms with van der Waals surface area (Å²) in [5.74, 6) is 1.93. The molecule has 2 aromatic rings. The molecule has 7 heteroatoms. The Morgan fingerprint density at radius 3 is 2.55 bits per heavy atom. The van der Waals surface area contributed by atoms with Crippen molar-refractivity contribution in [3.05, 3.63) is 42.7 Å². The van der Waals surface area contributed by atoms with Gasteiger partial charge in [0.15, 0.2) is 0 Å². The monoisotopic (exact) mass is 395 g/mol. The van der Waals surface area contributed by atoms with Gasteiger partial charge in [0.05, 0.1) is 18.2 Å². The predicted molar refractivity (Wildman–Crippen MR) is 113 cm³/mol. The second-order valence-electron chi connectivity index (χ2n) is 7.55. The lowest BCUT2D eigenvalue weighted by Gasteiger charge is -2.40. The highest BCUT2D eigenvalue weighted by atomic mass is 16.5. The first kappa shape index (κ1) is 19.5. The van der Waals surface area contributed by atoms with Crippen LogP contribution in [-0.4, -0.2) is 66.7 Å². The van der Waals surface area contributed by atoms with E-state index < -0.39 is 0 Å². The summed E-state index contributed by atoms with van der Waals surface area (Å²) < 4.78 is 5.77. The summed E-state index contributed by atoms with van der Waals surface area (Å²) in [5, 5.41) is 0. The predicted octanol–water partition coefficient (Wildman–Crippen LogP) is 2.44. The van der Waals surface area contributed by atoms with E-state index in [0.29, 0.717) is 13.2 Å². The van der Waals surface area contributed by atoms with Crippen LogP contribution in [0.3, 0.4) is 0 Å². The van der Waals surface area contributed by atoms with Gasteiger partial charge >= 0.3 is 0 Å². The Morgan fingerprint density at radius 2 is 1.79 bits per heavy atom. The van der Waals surface area contributed by atoms with Crippen molar-refractivity contribution in [3.63, 3.8) is 0 Å². The van der Waals surface area contributed by atoms with Gasteiger partial charge < -0.3 is 19.4 Å². The van der Waals surface area contributed by atoms with Crippen LogP contribution in [0.5, 0.6) is 5.75 Å². The maximum absolute atomic E-state index is 13.2. The standard InChI is InChI=1S/C22H29N5O2/c1-2-29-20-9-4-3-8-19(20)25-13-15-26(16-14-25)21(28)18-7-5-12-27(17-18)22-23-10-6-11-24-22/h3-4,6,8-11,18H,2,5,7,12-17H2,1H3. The fourth-order valence-electron chi connectivity index (χ4n) is 4.24. The summed E-state index contributed by atoms with van der Waals surface area (Å²) in [7, 11) is 0. The average molecular weight is 396 g/mol. The number of aromatic nitrogens is 2. The number of piperazine rings is 1. The van der Waals surface area contributed by atoms with E-state index in [1.54, 1.807) is 12.4 Å². The third-order valence-corrected chi connectivity index (χ3v) is 5.70. The van der Waals surface area contributed by atoms with Gasteiger partial charge in [-0.15, -0.1) is 0 Å². The smallest absolute Gasteiger partial charge is 0.227 e. The lowest BCUT2D eigenvalue weighted by molar-refractivity contribution is -0.136. The molecule has 2 saturated heterocycles. The minimum absolute atomic E-state index is 0.0230. The van der Waals surface area contributed by atoms with Gasteiger partial charge in [-0.2, -0.15) is 0 Å². The number of amides is 1. The van der Waals surface area contributed by atoms with Gasteiger partial charge in [-0.25, -0.2) is 9.97 Å². The van der Waals surface area contributed by atoms with Crippen LogP contribution in [0.4, 0.5) is 11.6 Å². The molecule has 7 nitrogen and oxygen atoms in total. The highest BCUT2D eigenvalue weighted by Crippen LogP contribution is 2.29. The molecule has 1 amide bonds. The molecule has 0 saturated carbocycles. The third kappa shape index (κ3) is 4.44. The van der Waals surface area contributed by atoms with Crippen LogP contribution in [-0.2, 0) is 4.79 Å². The van der Waals surface area contributed by atoms with Crippen molar-refractivity contribution >= 4 is 17.5 Å². The summed E-state index contributed by atoms with van der Waals surface area (Å²) >= 11 is 0. The molecule has 2 aliphatic heterocycles. The molecule has 0 bridgehead atoms. The number of anilines is 2. The fourth-order valence-corrected chi connectivity index (χ4v) is 4.24. The van der Waals surface area contributed by atoms with Gasteiger partial charge in [0, 0.05) is 51.7 Å². The zero-order chi connectivity index (χ0) is 20.1. The Bertz CT molecular complexity index is 808. The zero-order valence-electron chi connectivity index (χ0n) is 17.0. The van der Waals surface area contributed by atoms with Crippen molar-refractivity contribution in [1.82, 2.24) is 14.9 Å². The van der Waals surface area contributed by atoms with E-state index in [0.717, 1.165) is 63.0 Å². The summed E-state index contributed by atoms with van der Waals surface area (Å²) in [6.45, 7) is 7.42. The van der Waals surface area contributed by atoms with E-state index in [4.69, 9.17) is 4.74 Å². The number of carbonyl (C=O) groups excluding carboxylic acids is 1. The molecule has 4 rings (SSSR count). The number of piperidine rings is 1. The fraction of sp³-hybridized carbons (Fsp3) is 0.500. The highest BCUT2D eigenvalue weighted by Gasteiger charge is 2.32. The first-order valence-corrected chi connectivity index (χ1v) is 10.5. The second-order valence-corrected chi connectivity index (χ2v) is 7.55. The molecule has 0 N–H and O–H groups in total. The first-order valence-electron chi connectivity index (χ1n) is 10.5. The van der Waals surface area contributed by atoms with Crippen LogP contribution in [0.2, 0.25) is 0 Å². The van der Waals surface area contributed by atoms with Crippen molar-refractivity contribution < 1.29 is 9.53 Å². The van der Waals surface area contributed by atoms with Crippen LogP contribution in [0.25, 0.3) is 0 Å². The van der Waals surface area contributed by atoms with E-state index in [1.165, 1.54) is 0 Å². The highest BCUT2D eigenvalue weighted by molar-refractivity contribution is 5.80. The molecule has 154 valence electrons. The topological polar surface area (TPSA) is 61.8 Å². The van der Waals surface area contributed by atoms with Crippen LogP contribution < -0.4 is 14.5 Å². The lowest BCUT2D eigenvalue weighted by Crippen LogP contribution is -2.52. The summed E-state index contributed by atoms with van der Waals surface area (Å²) in [6.07, 6.45) is 5.45. The quantitative estimate of drug-likeness (QED) is 0.775. The molecule has 0 spiro atoms. The number of nitrogens with zero attached hydrogens (tertiary/aromatic N) is 5. The van der Waals surface area contributed by atoms with Crippen LogP contribution >= 0.6 is 0 Å². The summed E-state index contributed by atoms with van der Waals surface area (Å²) in [5.41, 5.74) is 1.12. The lowest BCUT2D eigenvalue weighted by atomic mass is 9.96. The minimum Gasteiger partial charge on any atom is -0.492 e. The number of rotatable bonds is 5. The van der Waals surface area contributed by atoms with Gasteiger partial charge in [-0.05, 0) is 38.0 Å². The van der Waals surface area contributed by atoms with Crippen molar-refractivity contribution in [2.45, 2.75) is 19.8 Å². The number of benzene rings is 1. The van der Waals surface area contributed by atoms with Crippen molar-refractivity contribution in [1.29, 1.82) is 0 Å². The molecule has 1 aromatic heterocycles. The van der Waals surface area contributed by atoms with Crippen molar-refractivity contribution in [2.75, 3.05) is 55.7 Å². The average Bonchev–Trinajstić information content (AvgIpc) is 2.80. The summed E-state index contributed by atoms with van der Waals surface area (Å²) in [4.78, 5) is 28.3. The number of hydrogen-bond acceptors (Lipinski definition) is 6. The number of carbonyl (C=O) groups is 1. The van der Waals surface area contributed by atoms with Crippen LogP contribution in [0.1, 0.15) is 19.8 Å². The molecular weight excluding hydrogens is 366 g/mol. The molecule has 1 atom stereocenters. The number of ether oxygens (including phenoxy) is 1. The Labute approximate surface area is 172 Å². The molecule has 29 heavy (non-hydrogen) atoms. The second kappa shape index (κ2) is 9.11. The molecule has 1 unspecified atom stereocenters. The van der Waals surface area contributed by atoms with E-state index in [2.05, 4.69) is 25.8 Å². The van der Waals surface area contributed by atoms with Gasteiger partial charge in [0.25, 0.3) is 0 Å². The number of hydrogen-bond donors (Lipinski definition) is 0. The Morgan fingerprint density at radius 1 is 1.03 bits per heavy atom. The van der Waals surface area contributed by atoms with Crippen LogP contribution in [0.15, 0.2) is 42.7 Å². The molecule has 0 aliphatic carbocycles. The van der Waals surface area contributed by atoms with E-state index in [1.807, 2.05) is 36.1 Å². The SMILES string of the molecule is CCOc1ccccc1N1CCN(C(=O)C2CCCN(c3ncccn3)C2)CC1. The maximum Gasteiger partial charge on any atom is 0.227 e. The number of para-hydroxylation sites is 2. The third-order valence-electron chi connectivity index (χ3n) is 5.70. The zero-order valence-corrected chi connectivity index (χ0v) is 17.0. The van der Waals surface area contributed by atoms with Gasteiger partial charge in [-0.1, -0.05) is 12.1 Å². The molecule has 2 aliphatic rings. The van der Waals surface area contributed by atoms with Gasteiger partial charge in [0.2, 0.25) is 11.9 Å². The van der Waals surface area contributed by atoms with Crippen LogP contribution in [0, 0.1) is 5.92 Å². The van der Waals surface area contributed by atoms with E-state index in [9.17, 15) is 4.79 Å². The largest absolute Gasteiger partial charge is 0.492 e. The maximum atomic E-state index is 13.2. The minimum atomic E-state index is 0.0230. The van der Waals surface area contributed by atoms with Gasteiger partial charge in [-0.3, -0.25) is 4.79 Å². The molecule has 0 radical (unpaired) electrons. The van der Waals surface area contributed by atoms with E-state index >= 15 is 0 Å². The Balaban J connectivity index is 1.35. The molecule has 1 aromatic carbocycles. The molecule has 3 heterocycles. The normalized spacial score (nSPS) is 19.9.